The van der Waals surface area contributed by atoms with E-state index in [2.05, 4.69) is 5.32 Å². The molecule has 2 N–H and O–H groups in total. The van der Waals surface area contributed by atoms with E-state index in [0.29, 0.717) is 31.2 Å². The van der Waals surface area contributed by atoms with E-state index in [9.17, 15) is 23.1 Å². The molecule has 0 bridgehead atoms. The lowest BCUT2D eigenvalue weighted by molar-refractivity contribution is -0.138. The minimum atomic E-state index is -3.56. The number of aliphatic carboxylic acids is 1. The summed E-state index contributed by atoms with van der Waals surface area (Å²) in [6.07, 6.45) is 3.02. The first kappa shape index (κ1) is 17.5. The van der Waals surface area contributed by atoms with Crippen molar-refractivity contribution in [3.05, 3.63) is 35.9 Å². The Labute approximate surface area is 135 Å². The van der Waals surface area contributed by atoms with Gasteiger partial charge in [0.1, 0.15) is 4.75 Å². The van der Waals surface area contributed by atoms with E-state index < -0.39 is 32.4 Å². The number of carboxylic acids is 1. The Morgan fingerprint density at radius 1 is 1.22 bits per heavy atom. The first-order valence-corrected chi connectivity index (χ1v) is 9.43. The van der Waals surface area contributed by atoms with Crippen LogP contribution in [-0.2, 0) is 19.4 Å². The normalized spacial score (nSPS) is 18.3. The fourth-order valence-electron chi connectivity index (χ4n) is 3.10. The molecule has 1 saturated carbocycles. The third-order valence-corrected chi connectivity index (χ3v) is 6.51. The van der Waals surface area contributed by atoms with Gasteiger partial charge in [-0.2, -0.15) is 0 Å². The van der Waals surface area contributed by atoms with Gasteiger partial charge in [0, 0.05) is 12.8 Å². The van der Waals surface area contributed by atoms with E-state index in [4.69, 9.17) is 0 Å². The van der Waals surface area contributed by atoms with Crippen molar-refractivity contribution in [1.82, 2.24) is 5.32 Å². The highest BCUT2D eigenvalue weighted by molar-refractivity contribution is 7.92. The molecule has 1 aromatic rings. The molecule has 1 aliphatic rings. The lowest BCUT2D eigenvalue weighted by atomic mass is 9.98. The molecule has 0 spiro atoms. The summed E-state index contributed by atoms with van der Waals surface area (Å²) in [5.74, 6) is -2.55. The summed E-state index contributed by atoms with van der Waals surface area (Å²) in [6.45, 7) is -0.130. The number of rotatable bonds is 6. The van der Waals surface area contributed by atoms with Gasteiger partial charge in [-0.1, -0.05) is 43.2 Å². The number of carboxylic acid groups (broad SMARTS) is 1. The number of carbonyl (C=O) groups excluding carboxylic acids is 1. The summed E-state index contributed by atoms with van der Waals surface area (Å²) in [5.41, 5.74) is 0.570. The molecule has 126 valence electrons. The summed E-state index contributed by atoms with van der Waals surface area (Å²) in [4.78, 5) is 23.9. The Hall–Kier alpha value is -1.89. The number of sulfone groups is 1. The Bertz CT molecular complexity index is 678. The summed E-state index contributed by atoms with van der Waals surface area (Å²) < 4.78 is 22.7. The average Bonchev–Trinajstić information content (AvgIpc) is 2.98. The maximum Gasteiger partial charge on any atom is 0.312 e. The zero-order chi connectivity index (χ0) is 17.1. The van der Waals surface area contributed by atoms with E-state index in [1.165, 1.54) is 0 Å². The third-order valence-electron chi connectivity index (χ3n) is 4.50. The molecule has 7 heteroatoms. The zero-order valence-electron chi connectivity index (χ0n) is 13.0. The SMILES string of the molecule is CS(=O)(=O)C1(C(=O)NCC(C(=O)O)c2ccccc2)CCCC1. The van der Waals surface area contributed by atoms with Crippen LogP contribution in [0, 0.1) is 0 Å². The zero-order valence-corrected chi connectivity index (χ0v) is 13.8. The number of benzene rings is 1. The second-order valence-electron chi connectivity index (χ2n) is 5.99. The van der Waals surface area contributed by atoms with Crippen molar-refractivity contribution >= 4 is 21.7 Å². The van der Waals surface area contributed by atoms with Crippen LogP contribution in [-0.4, -0.2) is 42.9 Å². The third kappa shape index (κ3) is 3.55. The first-order valence-electron chi connectivity index (χ1n) is 7.53. The van der Waals surface area contributed by atoms with Crippen molar-refractivity contribution in [3.63, 3.8) is 0 Å². The molecule has 23 heavy (non-hydrogen) atoms. The largest absolute Gasteiger partial charge is 0.481 e. The highest BCUT2D eigenvalue weighted by atomic mass is 32.2. The standard InChI is InChI=1S/C16H21NO5S/c1-23(21,22)16(9-5-6-10-16)15(20)17-11-13(14(18)19)12-7-3-2-4-8-12/h2-4,7-8,13H,5-6,9-11H2,1H3,(H,17,20)(H,18,19). The fourth-order valence-corrected chi connectivity index (χ4v) is 4.54. The van der Waals surface area contributed by atoms with Crippen LogP contribution in [0.1, 0.15) is 37.2 Å². The van der Waals surface area contributed by atoms with Crippen LogP contribution in [0.3, 0.4) is 0 Å². The average molecular weight is 339 g/mol. The minimum Gasteiger partial charge on any atom is -0.481 e. The van der Waals surface area contributed by atoms with Gasteiger partial charge in [0.05, 0.1) is 5.92 Å². The quantitative estimate of drug-likeness (QED) is 0.814. The number of amides is 1. The lowest BCUT2D eigenvalue weighted by Crippen LogP contribution is -2.51. The summed E-state index contributed by atoms with van der Waals surface area (Å²) in [6, 6.07) is 8.57. The maximum atomic E-state index is 12.5. The van der Waals surface area contributed by atoms with Gasteiger partial charge in [0.25, 0.3) is 0 Å². The molecule has 0 radical (unpaired) electrons. The van der Waals surface area contributed by atoms with Crippen LogP contribution in [0.15, 0.2) is 30.3 Å². The van der Waals surface area contributed by atoms with Crippen LogP contribution in [0.5, 0.6) is 0 Å². The van der Waals surface area contributed by atoms with Crippen molar-refractivity contribution in [2.75, 3.05) is 12.8 Å². The van der Waals surface area contributed by atoms with Gasteiger partial charge in [-0.05, 0) is 18.4 Å². The van der Waals surface area contributed by atoms with Crippen LogP contribution in [0.4, 0.5) is 0 Å². The van der Waals surface area contributed by atoms with E-state index >= 15 is 0 Å². The first-order chi connectivity index (χ1) is 10.8. The number of hydrogen-bond donors (Lipinski definition) is 2. The molecule has 2 rings (SSSR count). The molecule has 0 saturated heterocycles. The highest BCUT2D eigenvalue weighted by Gasteiger charge is 2.50. The number of nitrogens with one attached hydrogen (secondary N) is 1. The summed E-state index contributed by atoms with van der Waals surface area (Å²) in [7, 11) is -3.56. The van der Waals surface area contributed by atoms with Crippen LogP contribution >= 0.6 is 0 Å². The predicted octanol–water partition coefficient (Wildman–Crippen LogP) is 1.33. The molecular formula is C16H21NO5S. The molecule has 1 atom stereocenters. The van der Waals surface area contributed by atoms with Gasteiger partial charge in [-0.25, -0.2) is 8.42 Å². The van der Waals surface area contributed by atoms with Crippen LogP contribution < -0.4 is 5.32 Å². The summed E-state index contributed by atoms with van der Waals surface area (Å²) in [5, 5.41) is 11.9. The predicted molar refractivity (Wildman–Crippen MR) is 85.9 cm³/mol. The Kier molecular flexibility index (Phi) is 5.09. The van der Waals surface area contributed by atoms with E-state index in [0.717, 1.165) is 6.26 Å². The molecule has 1 aromatic carbocycles. The van der Waals surface area contributed by atoms with Gasteiger partial charge >= 0.3 is 5.97 Å². The molecule has 6 nitrogen and oxygen atoms in total. The molecule has 1 fully saturated rings. The monoisotopic (exact) mass is 339 g/mol. The van der Waals surface area contributed by atoms with Gasteiger partial charge in [0.15, 0.2) is 9.84 Å². The number of carbonyl (C=O) groups is 2. The number of hydrogen-bond acceptors (Lipinski definition) is 4. The molecule has 1 unspecified atom stereocenters. The van der Waals surface area contributed by atoms with Gasteiger partial charge in [-0.3, -0.25) is 9.59 Å². The summed E-state index contributed by atoms with van der Waals surface area (Å²) >= 11 is 0. The molecule has 1 aliphatic carbocycles. The lowest BCUT2D eigenvalue weighted by Gasteiger charge is -2.26. The van der Waals surface area contributed by atoms with Gasteiger partial charge < -0.3 is 10.4 Å². The van der Waals surface area contributed by atoms with Crippen molar-refractivity contribution in [2.24, 2.45) is 0 Å². The van der Waals surface area contributed by atoms with E-state index in [1.54, 1.807) is 30.3 Å². The van der Waals surface area contributed by atoms with E-state index in [-0.39, 0.29) is 6.54 Å². The minimum absolute atomic E-state index is 0.130. The highest BCUT2D eigenvalue weighted by Crippen LogP contribution is 2.36. The Balaban J connectivity index is 2.15. The molecule has 0 heterocycles. The fraction of sp³-hybridized carbons (Fsp3) is 0.500. The van der Waals surface area contributed by atoms with E-state index in [1.807, 2.05) is 0 Å². The van der Waals surface area contributed by atoms with Crippen molar-refractivity contribution < 1.29 is 23.1 Å². The maximum absolute atomic E-state index is 12.5. The van der Waals surface area contributed by atoms with Gasteiger partial charge in [0.2, 0.25) is 5.91 Å². The molecule has 0 aromatic heterocycles. The molecule has 0 aliphatic heterocycles. The van der Waals surface area contributed by atoms with Crippen molar-refractivity contribution in [1.29, 1.82) is 0 Å². The Morgan fingerprint density at radius 2 is 1.78 bits per heavy atom. The second-order valence-corrected chi connectivity index (χ2v) is 8.31. The van der Waals surface area contributed by atoms with Crippen LogP contribution in [0.25, 0.3) is 0 Å². The van der Waals surface area contributed by atoms with Crippen molar-refractivity contribution in [3.8, 4) is 0 Å². The Morgan fingerprint density at radius 3 is 2.26 bits per heavy atom. The second kappa shape index (κ2) is 6.70. The molecule has 1 amide bonds. The topological polar surface area (TPSA) is 101 Å². The van der Waals surface area contributed by atoms with Crippen LogP contribution in [0.2, 0.25) is 0 Å². The van der Waals surface area contributed by atoms with Crippen molar-refractivity contribution in [2.45, 2.75) is 36.3 Å². The molecular weight excluding hydrogens is 318 g/mol. The van der Waals surface area contributed by atoms with Gasteiger partial charge in [-0.15, -0.1) is 0 Å². The smallest absolute Gasteiger partial charge is 0.312 e.